The van der Waals surface area contributed by atoms with Crippen LogP contribution in [0.3, 0.4) is 0 Å². The molecule has 1 aromatic heterocycles. The lowest BCUT2D eigenvalue weighted by Gasteiger charge is -2.16. The molecule has 1 aliphatic rings. The van der Waals surface area contributed by atoms with Gasteiger partial charge in [0, 0.05) is 7.05 Å². The van der Waals surface area contributed by atoms with Gasteiger partial charge in [-0.25, -0.2) is 0 Å². The Hall–Kier alpha value is -2.10. The van der Waals surface area contributed by atoms with Gasteiger partial charge >= 0.3 is 0 Å². The topological polar surface area (TPSA) is 47.0 Å². The second kappa shape index (κ2) is 5.26. The summed E-state index contributed by atoms with van der Waals surface area (Å²) < 4.78 is 5.77. The molecule has 98 valence electrons. The van der Waals surface area contributed by atoms with Crippen LogP contribution in [0.1, 0.15) is 24.0 Å². The highest BCUT2D eigenvalue weighted by molar-refractivity contribution is 5.39. The lowest BCUT2D eigenvalue weighted by Crippen LogP contribution is -2.02. The summed E-state index contributed by atoms with van der Waals surface area (Å²) in [7, 11) is 1.81. The van der Waals surface area contributed by atoms with Crippen molar-refractivity contribution >= 4 is 5.82 Å². The van der Waals surface area contributed by atoms with Gasteiger partial charge in [-0.3, -0.25) is 4.98 Å². The van der Waals surface area contributed by atoms with Crippen LogP contribution >= 0.6 is 0 Å². The number of nitrogens with zero attached hydrogens (tertiary/aromatic N) is 2. The van der Waals surface area contributed by atoms with Gasteiger partial charge in [0.05, 0.1) is 12.4 Å². The minimum Gasteiger partial charge on any atom is -0.437 e. The molecule has 4 nitrogen and oxygen atoms in total. The highest BCUT2D eigenvalue weighted by Crippen LogP contribution is 2.27. The second-order valence-electron chi connectivity index (χ2n) is 4.73. The van der Waals surface area contributed by atoms with E-state index in [-0.39, 0.29) is 0 Å². The molecule has 0 saturated carbocycles. The summed E-state index contributed by atoms with van der Waals surface area (Å²) in [5.41, 5.74) is 2.86. The molecular formula is C15H17N3O. The molecule has 0 saturated heterocycles. The van der Waals surface area contributed by atoms with E-state index < -0.39 is 0 Å². The van der Waals surface area contributed by atoms with Crippen LogP contribution in [0.15, 0.2) is 30.6 Å². The zero-order valence-electron chi connectivity index (χ0n) is 11.0. The van der Waals surface area contributed by atoms with E-state index >= 15 is 0 Å². The zero-order valence-corrected chi connectivity index (χ0v) is 11.0. The molecule has 1 N–H and O–H groups in total. The van der Waals surface area contributed by atoms with E-state index in [0.717, 1.165) is 12.2 Å². The molecule has 3 rings (SSSR count). The number of rotatable bonds is 3. The molecule has 1 heterocycles. The molecule has 2 aromatic rings. The number of nitrogens with one attached hydrogen (secondary N) is 1. The first-order valence-electron chi connectivity index (χ1n) is 6.64. The Bertz CT molecular complexity index is 583. The van der Waals surface area contributed by atoms with E-state index in [0.29, 0.717) is 11.7 Å². The van der Waals surface area contributed by atoms with Crippen LogP contribution in [0.2, 0.25) is 0 Å². The van der Waals surface area contributed by atoms with E-state index in [1.165, 1.54) is 30.4 Å². The monoisotopic (exact) mass is 255 g/mol. The van der Waals surface area contributed by atoms with Gasteiger partial charge in [0.1, 0.15) is 11.6 Å². The van der Waals surface area contributed by atoms with E-state index in [2.05, 4.69) is 27.4 Å². The summed E-state index contributed by atoms with van der Waals surface area (Å²) >= 11 is 0. The summed E-state index contributed by atoms with van der Waals surface area (Å²) in [5, 5.41) is 2.95. The van der Waals surface area contributed by atoms with Crippen LogP contribution < -0.4 is 10.1 Å². The Morgan fingerprint density at radius 3 is 2.79 bits per heavy atom. The maximum atomic E-state index is 5.77. The Kier molecular flexibility index (Phi) is 3.31. The van der Waals surface area contributed by atoms with Crippen molar-refractivity contribution < 1.29 is 4.74 Å². The molecular weight excluding hydrogens is 238 g/mol. The smallest absolute Gasteiger partial charge is 0.239 e. The minimum atomic E-state index is 0.516. The second-order valence-corrected chi connectivity index (χ2v) is 4.73. The third kappa shape index (κ3) is 2.67. The van der Waals surface area contributed by atoms with Crippen LogP contribution in [-0.4, -0.2) is 17.0 Å². The first kappa shape index (κ1) is 12.0. The van der Waals surface area contributed by atoms with Crippen molar-refractivity contribution in [2.24, 2.45) is 0 Å². The average Bonchev–Trinajstić information content (AvgIpc) is 2.47. The fourth-order valence-corrected chi connectivity index (χ4v) is 2.41. The van der Waals surface area contributed by atoms with Gasteiger partial charge in [-0.2, -0.15) is 4.98 Å². The lowest BCUT2D eigenvalue weighted by atomic mass is 9.92. The fourth-order valence-electron chi connectivity index (χ4n) is 2.41. The molecule has 1 aromatic carbocycles. The molecule has 0 atom stereocenters. The first-order valence-corrected chi connectivity index (χ1v) is 6.64. The maximum absolute atomic E-state index is 5.77. The van der Waals surface area contributed by atoms with Crippen molar-refractivity contribution in [2.75, 3.05) is 12.4 Å². The molecule has 0 aliphatic heterocycles. The van der Waals surface area contributed by atoms with Gasteiger partial charge in [-0.1, -0.05) is 6.07 Å². The standard InChI is InChI=1S/C15H17N3O/c1-16-14-9-17-10-15(18-14)19-13-7-6-11-4-2-3-5-12(11)8-13/h6-10H,2-5H2,1H3,(H,16,18). The van der Waals surface area contributed by atoms with Crippen LogP contribution in [0.5, 0.6) is 11.6 Å². The predicted molar refractivity (Wildman–Crippen MR) is 74.7 cm³/mol. The summed E-state index contributed by atoms with van der Waals surface area (Å²) in [6.07, 6.45) is 8.19. The third-order valence-electron chi connectivity index (χ3n) is 3.41. The van der Waals surface area contributed by atoms with E-state index in [1.54, 1.807) is 12.4 Å². The van der Waals surface area contributed by atoms with Gasteiger partial charge in [0.25, 0.3) is 0 Å². The van der Waals surface area contributed by atoms with Crippen LogP contribution in [0.25, 0.3) is 0 Å². The quantitative estimate of drug-likeness (QED) is 0.915. The fraction of sp³-hybridized carbons (Fsp3) is 0.333. The number of aryl methyl sites for hydroxylation is 2. The van der Waals surface area contributed by atoms with E-state index in [1.807, 2.05) is 13.1 Å². The molecule has 0 radical (unpaired) electrons. The van der Waals surface area contributed by atoms with Crippen molar-refractivity contribution in [3.63, 3.8) is 0 Å². The maximum Gasteiger partial charge on any atom is 0.239 e. The normalized spacial score (nSPS) is 13.7. The summed E-state index contributed by atoms with van der Waals surface area (Å²) in [5.74, 6) is 2.06. The van der Waals surface area contributed by atoms with Crippen LogP contribution in [0, 0.1) is 0 Å². The Balaban J connectivity index is 1.82. The molecule has 1 aliphatic carbocycles. The molecule has 4 heteroatoms. The molecule has 0 spiro atoms. The molecule has 0 bridgehead atoms. The minimum absolute atomic E-state index is 0.516. The molecule has 0 amide bonds. The number of benzene rings is 1. The number of hydrogen-bond acceptors (Lipinski definition) is 4. The van der Waals surface area contributed by atoms with Crippen molar-refractivity contribution in [2.45, 2.75) is 25.7 Å². The Morgan fingerprint density at radius 1 is 1.11 bits per heavy atom. The Morgan fingerprint density at radius 2 is 1.95 bits per heavy atom. The summed E-state index contributed by atoms with van der Waals surface area (Å²) in [6, 6.07) is 6.30. The van der Waals surface area contributed by atoms with Crippen LogP contribution in [0.4, 0.5) is 5.82 Å². The SMILES string of the molecule is CNc1cncc(Oc2ccc3c(c2)CCCC3)n1. The summed E-state index contributed by atoms with van der Waals surface area (Å²) in [6.45, 7) is 0. The zero-order chi connectivity index (χ0) is 13.1. The highest BCUT2D eigenvalue weighted by Gasteiger charge is 2.10. The molecule has 19 heavy (non-hydrogen) atoms. The highest BCUT2D eigenvalue weighted by atomic mass is 16.5. The van der Waals surface area contributed by atoms with Gasteiger partial charge in [-0.15, -0.1) is 0 Å². The number of aromatic nitrogens is 2. The number of ether oxygens (including phenoxy) is 1. The third-order valence-corrected chi connectivity index (χ3v) is 3.41. The predicted octanol–water partition coefficient (Wildman–Crippen LogP) is 3.19. The Labute approximate surface area is 112 Å². The van der Waals surface area contributed by atoms with E-state index in [9.17, 15) is 0 Å². The van der Waals surface area contributed by atoms with E-state index in [4.69, 9.17) is 4.74 Å². The first-order chi connectivity index (χ1) is 9.35. The van der Waals surface area contributed by atoms with Crippen LogP contribution in [-0.2, 0) is 12.8 Å². The van der Waals surface area contributed by atoms with Gasteiger partial charge in [0.2, 0.25) is 5.88 Å². The average molecular weight is 255 g/mol. The lowest BCUT2D eigenvalue weighted by molar-refractivity contribution is 0.459. The summed E-state index contributed by atoms with van der Waals surface area (Å²) in [4.78, 5) is 8.39. The van der Waals surface area contributed by atoms with Gasteiger partial charge in [0.15, 0.2) is 0 Å². The molecule has 0 unspecified atom stereocenters. The van der Waals surface area contributed by atoms with Gasteiger partial charge in [-0.05, 0) is 48.9 Å². The van der Waals surface area contributed by atoms with Crippen molar-refractivity contribution in [3.05, 3.63) is 41.7 Å². The van der Waals surface area contributed by atoms with Crippen molar-refractivity contribution in [3.8, 4) is 11.6 Å². The van der Waals surface area contributed by atoms with Crippen molar-refractivity contribution in [1.82, 2.24) is 9.97 Å². The number of hydrogen-bond donors (Lipinski definition) is 1. The van der Waals surface area contributed by atoms with Crippen molar-refractivity contribution in [1.29, 1.82) is 0 Å². The molecule has 0 fully saturated rings. The number of fused-ring (bicyclic) bond motifs is 1. The number of anilines is 1. The van der Waals surface area contributed by atoms with Gasteiger partial charge < -0.3 is 10.1 Å². The largest absolute Gasteiger partial charge is 0.437 e.